The summed E-state index contributed by atoms with van der Waals surface area (Å²) in [6.07, 6.45) is 2.35. The standard InChI is InChI=1S/C14H16N2O3S/c1-18-11-4-3-10(9-12(11)19-2)5-7-15-14(17)13-6-8-16-20-13/h3-4,6,8-9H,5,7H2,1-2H3,(H,15,17). The van der Waals surface area contributed by atoms with Crippen LogP contribution in [0.4, 0.5) is 0 Å². The van der Waals surface area contributed by atoms with E-state index >= 15 is 0 Å². The van der Waals surface area contributed by atoms with Crippen molar-refractivity contribution in [2.45, 2.75) is 6.42 Å². The minimum Gasteiger partial charge on any atom is -0.493 e. The number of methoxy groups -OCH3 is 2. The van der Waals surface area contributed by atoms with Gasteiger partial charge in [0.15, 0.2) is 11.5 Å². The summed E-state index contributed by atoms with van der Waals surface area (Å²) in [6, 6.07) is 7.44. The van der Waals surface area contributed by atoms with Crippen molar-refractivity contribution < 1.29 is 14.3 Å². The predicted octanol–water partition coefficient (Wildman–Crippen LogP) is 2.13. The number of ether oxygens (including phenoxy) is 2. The van der Waals surface area contributed by atoms with Crippen LogP contribution in [0.15, 0.2) is 30.5 Å². The van der Waals surface area contributed by atoms with E-state index < -0.39 is 0 Å². The zero-order valence-electron chi connectivity index (χ0n) is 11.4. The first-order valence-electron chi connectivity index (χ1n) is 6.14. The Hall–Kier alpha value is -2.08. The number of aromatic nitrogens is 1. The Balaban J connectivity index is 1.89. The molecule has 1 N–H and O–H groups in total. The lowest BCUT2D eigenvalue weighted by Gasteiger charge is -2.09. The highest BCUT2D eigenvalue weighted by molar-refractivity contribution is 7.08. The van der Waals surface area contributed by atoms with Gasteiger partial charge in [-0.25, -0.2) is 4.37 Å². The lowest BCUT2D eigenvalue weighted by atomic mass is 10.1. The van der Waals surface area contributed by atoms with Crippen molar-refractivity contribution in [2.24, 2.45) is 0 Å². The highest BCUT2D eigenvalue weighted by Gasteiger charge is 2.07. The van der Waals surface area contributed by atoms with E-state index in [4.69, 9.17) is 9.47 Å². The van der Waals surface area contributed by atoms with Gasteiger partial charge in [0.1, 0.15) is 4.88 Å². The fourth-order valence-electron chi connectivity index (χ4n) is 1.78. The number of carbonyl (C=O) groups excluding carboxylic acids is 1. The molecule has 0 aliphatic heterocycles. The molecule has 0 saturated heterocycles. The molecule has 0 unspecified atom stereocenters. The molecule has 0 atom stereocenters. The number of rotatable bonds is 6. The first-order chi connectivity index (χ1) is 9.74. The van der Waals surface area contributed by atoms with E-state index in [1.165, 1.54) is 11.5 Å². The smallest absolute Gasteiger partial charge is 0.262 e. The summed E-state index contributed by atoms with van der Waals surface area (Å²) in [7, 11) is 3.21. The molecule has 1 aromatic carbocycles. The summed E-state index contributed by atoms with van der Waals surface area (Å²) in [5.74, 6) is 1.30. The molecule has 0 spiro atoms. The van der Waals surface area contributed by atoms with Gasteiger partial charge >= 0.3 is 0 Å². The molecule has 20 heavy (non-hydrogen) atoms. The van der Waals surface area contributed by atoms with Crippen LogP contribution < -0.4 is 14.8 Å². The van der Waals surface area contributed by atoms with Crippen LogP contribution in [0.1, 0.15) is 15.2 Å². The molecule has 1 aromatic heterocycles. The van der Waals surface area contributed by atoms with E-state index in [-0.39, 0.29) is 5.91 Å². The molecule has 5 nitrogen and oxygen atoms in total. The summed E-state index contributed by atoms with van der Waals surface area (Å²) >= 11 is 1.19. The third-order valence-electron chi connectivity index (χ3n) is 2.81. The molecule has 0 bridgehead atoms. The van der Waals surface area contributed by atoms with Gasteiger partial charge in [-0.3, -0.25) is 4.79 Å². The van der Waals surface area contributed by atoms with Crippen LogP contribution in [-0.4, -0.2) is 31.0 Å². The number of carbonyl (C=O) groups is 1. The third-order valence-corrected chi connectivity index (χ3v) is 3.55. The fourth-order valence-corrected chi connectivity index (χ4v) is 2.29. The summed E-state index contributed by atoms with van der Waals surface area (Å²) in [6.45, 7) is 0.562. The average molecular weight is 292 g/mol. The van der Waals surface area contributed by atoms with Crippen LogP contribution in [0.3, 0.4) is 0 Å². The van der Waals surface area contributed by atoms with E-state index in [9.17, 15) is 4.79 Å². The SMILES string of the molecule is COc1ccc(CCNC(=O)c2ccns2)cc1OC. The Kier molecular flexibility index (Phi) is 4.95. The van der Waals surface area contributed by atoms with Gasteiger partial charge in [0.05, 0.1) is 14.2 Å². The number of hydrogen-bond donors (Lipinski definition) is 1. The number of benzene rings is 1. The van der Waals surface area contributed by atoms with Gasteiger partial charge in [-0.15, -0.1) is 0 Å². The highest BCUT2D eigenvalue weighted by atomic mass is 32.1. The van der Waals surface area contributed by atoms with E-state index in [0.29, 0.717) is 22.9 Å². The van der Waals surface area contributed by atoms with Crippen molar-refractivity contribution in [2.75, 3.05) is 20.8 Å². The first-order valence-corrected chi connectivity index (χ1v) is 6.91. The van der Waals surface area contributed by atoms with E-state index in [0.717, 1.165) is 12.0 Å². The third kappa shape index (κ3) is 3.48. The molecule has 0 aliphatic rings. The Morgan fingerprint density at radius 3 is 2.70 bits per heavy atom. The fraction of sp³-hybridized carbons (Fsp3) is 0.286. The van der Waals surface area contributed by atoms with Crippen LogP contribution in [0, 0.1) is 0 Å². The molecule has 6 heteroatoms. The van der Waals surface area contributed by atoms with Gasteiger partial charge in [0, 0.05) is 12.7 Å². The predicted molar refractivity (Wildman–Crippen MR) is 77.7 cm³/mol. The lowest BCUT2D eigenvalue weighted by Crippen LogP contribution is -2.24. The summed E-state index contributed by atoms with van der Waals surface area (Å²) < 4.78 is 14.3. The van der Waals surface area contributed by atoms with Crippen LogP contribution in [-0.2, 0) is 6.42 Å². The zero-order valence-corrected chi connectivity index (χ0v) is 12.2. The average Bonchev–Trinajstić information content (AvgIpc) is 3.01. The van der Waals surface area contributed by atoms with Crippen molar-refractivity contribution >= 4 is 17.4 Å². The number of hydrogen-bond acceptors (Lipinski definition) is 5. The zero-order chi connectivity index (χ0) is 14.4. The van der Waals surface area contributed by atoms with E-state index in [1.54, 1.807) is 26.5 Å². The highest BCUT2D eigenvalue weighted by Crippen LogP contribution is 2.27. The van der Waals surface area contributed by atoms with E-state index in [2.05, 4.69) is 9.69 Å². The molecule has 106 valence electrons. The van der Waals surface area contributed by atoms with Gasteiger partial charge in [-0.2, -0.15) is 0 Å². The van der Waals surface area contributed by atoms with Crippen LogP contribution in [0.25, 0.3) is 0 Å². The van der Waals surface area contributed by atoms with Gasteiger partial charge < -0.3 is 14.8 Å². The van der Waals surface area contributed by atoms with E-state index in [1.807, 2.05) is 18.2 Å². The van der Waals surface area contributed by atoms with Gasteiger partial charge in [0.2, 0.25) is 0 Å². The van der Waals surface area contributed by atoms with Gasteiger partial charge in [-0.1, -0.05) is 6.07 Å². The quantitative estimate of drug-likeness (QED) is 0.886. The molecule has 0 aliphatic carbocycles. The maximum atomic E-state index is 11.7. The molecule has 0 saturated carbocycles. The number of nitrogens with zero attached hydrogens (tertiary/aromatic N) is 1. The van der Waals surface area contributed by atoms with Gasteiger partial charge in [0.25, 0.3) is 5.91 Å². The maximum absolute atomic E-state index is 11.7. The second-order valence-electron chi connectivity index (χ2n) is 4.07. The minimum atomic E-state index is -0.0898. The largest absolute Gasteiger partial charge is 0.493 e. The Labute approximate surface area is 121 Å². The van der Waals surface area contributed by atoms with Crippen LogP contribution in [0.2, 0.25) is 0 Å². The second-order valence-corrected chi connectivity index (χ2v) is 4.91. The monoisotopic (exact) mass is 292 g/mol. The minimum absolute atomic E-state index is 0.0898. The summed E-state index contributed by atoms with van der Waals surface area (Å²) in [5.41, 5.74) is 1.08. The normalized spacial score (nSPS) is 10.1. The van der Waals surface area contributed by atoms with Crippen LogP contribution in [0.5, 0.6) is 11.5 Å². The number of nitrogens with one attached hydrogen (secondary N) is 1. The molecular weight excluding hydrogens is 276 g/mol. The van der Waals surface area contributed by atoms with Crippen molar-refractivity contribution in [1.29, 1.82) is 0 Å². The van der Waals surface area contributed by atoms with Crippen LogP contribution >= 0.6 is 11.5 Å². The Morgan fingerprint density at radius 1 is 1.25 bits per heavy atom. The second kappa shape index (κ2) is 6.91. The topological polar surface area (TPSA) is 60.5 Å². The van der Waals surface area contributed by atoms with Crippen molar-refractivity contribution in [3.8, 4) is 11.5 Å². The molecule has 2 aromatic rings. The molecule has 2 rings (SSSR count). The molecular formula is C14H16N2O3S. The first kappa shape index (κ1) is 14.3. The summed E-state index contributed by atoms with van der Waals surface area (Å²) in [4.78, 5) is 12.4. The lowest BCUT2D eigenvalue weighted by molar-refractivity contribution is 0.0958. The molecule has 1 heterocycles. The number of amides is 1. The van der Waals surface area contributed by atoms with Crippen molar-refractivity contribution in [3.05, 3.63) is 40.9 Å². The molecule has 0 radical (unpaired) electrons. The Morgan fingerprint density at radius 2 is 2.05 bits per heavy atom. The Bertz CT molecular complexity index is 570. The van der Waals surface area contributed by atoms with Crippen molar-refractivity contribution in [3.63, 3.8) is 0 Å². The summed E-state index contributed by atoms with van der Waals surface area (Å²) in [5, 5.41) is 2.86. The van der Waals surface area contributed by atoms with Crippen molar-refractivity contribution in [1.82, 2.24) is 9.69 Å². The molecule has 0 fully saturated rings. The maximum Gasteiger partial charge on any atom is 0.262 e. The van der Waals surface area contributed by atoms with Gasteiger partial charge in [-0.05, 0) is 41.7 Å². The molecule has 1 amide bonds.